The molecular formula is C55H25F15N4. The van der Waals surface area contributed by atoms with E-state index in [1.165, 1.54) is 48.5 Å². The molecule has 0 atom stereocenters. The fraction of sp³-hybridized carbons (Fsp3) is 0.0909. The zero-order valence-corrected chi connectivity index (χ0v) is 36.9. The van der Waals surface area contributed by atoms with E-state index in [9.17, 15) is 71.1 Å². The molecule has 8 aromatic carbocycles. The Bertz CT molecular complexity index is 3970. The van der Waals surface area contributed by atoms with Gasteiger partial charge in [0.2, 0.25) is 0 Å². The van der Waals surface area contributed by atoms with E-state index in [1.807, 2.05) is 0 Å². The third-order valence-corrected chi connectivity index (χ3v) is 12.6. The summed E-state index contributed by atoms with van der Waals surface area (Å²) >= 11 is 0. The Hall–Kier alpha value is -8.71. The minimum atomic E-state index is -5.16. The number of benzene rings is 8. The van der Waals surface area contributed by atoms with Crippen molar-refractivity contribution in [3.8, 4) is 50.8 Å². The van der Waals surface area contributed by atoms with Gasteiger partial charge >= 0.3 is 30.9 Å². The van der Waals surface area contributed by atoms with Crippen LogP contribution in [-0.2, 0) is 30.9 Å². The van der Waals surface area contributed by atoms with Crippen molar-refractivity contribution in [2.75, 3.05) is 0 Å². The highest BCUT2D eigenvalue weighted by atomic mass is 19.4. The van der Waals surface area contributed by atoms with E-state index >= 15 is 0 Å². The first-order valence-electron chi connectivity index (χ1n) is 21.6. The summed E-state index contributed by atoms with van der Waals surface area (Å²) in [6.07, 6.45) is -25.5. The molecule has 0 aliphatic heterocycles. The molecule has 0 unspecified atom stereocenters. The number of nitriles is 1. The summed E-state index contributed by atoms with van der Waals surface area (Å²) < 4.78 is 214. The van der Waals surface area contributed by atoms with Gasteiger partial charge < -0.3 is 9.13 Å². The monoisotopic (exact) mass is 1030 g/mol. The van der Waals surface area contributed by atoms with E-state index < -0.39 is 75.4 Å². The standard InChI is InChI=1S/C55H25F15N4/c1-72-44-26-50(74-46-9-5-3-7-40(46)43-22-29(11-15-48(43)74)31-18-36(54(65,66)67)24-37(19-31)55(68,69)70)49(25-41(44)38-13-12-33(51(56,57)58)20-32(38)27-71)73-45-8-4-2-6-39(45)42-21-28(10-14-47(42)73)30-16-34(52(59,60)61)23-35(17-30)53(62,63)64/h2-26H. The highest BCUT2D eigenvalue weighted by molar-refractivity contribution is 6.13. The van der Waals surface area contributed by atoms with E-state index in [0.717, 1.165) is 12.1 Å². The van der Waals surface area contributed by atoms with Crippen molar-refractivity contribution in [3.05, 3.63) is 196 Å². The Morgan fingerprint density at radius 1 is 0.365 bits per heavy atom. The van der Waals surface area contributed by atoms with Crippen LogP contribution >= 0.6 is 0 Å². The van der Waals surface area contributed by atoms with Gasteiger partial charge in [0.15, 0.2) is 5.69 Å². The molecule has 74 heavy (non-hydrogen) atoms. The van der Waals surface area contributed by atoms with E-state index in [2.05, 4.69) is 4.85 Å². The molecular weight excluding hydrogens is 1000 g/mol. The summed E-state index contributed by atoms with van der Waals surface area (Å²) in [5.41, 5.74) is -7.48. The van der Waals surface area contributed by atoms with Gasteiger partial charge in [-0.2, -0.15) is 71.1 Å². The normalized spacial score (nSPS) is 12.8. The predicted molar refractivity (Wildman–Crippen MR) is 247 cm³/mol. The maximum absolute atomic E-state index is 14.1. The number of fused-ring (bicyclic) bond motifs is 6. The van der Waals surface area contributed by atoms with Crippen LogP contribution in [0.5, 0.6) is 0 Å². The van der Waals surface area contributed by atoms with Crippen molar-refractivity contribution in [1.29, 1.82) is 5.26 Å². The topological polar surface area (TPSA) is 38.0 Å². The highest BCUT2D eigenvalue weighted by Crippen LogP contribution is 2.47. The van der Waals surface area contributed by atoms with E-state index in [0.29, 0.717) is 68.4 Å². The molecule has 19 heteroatoms. The van der Waals surface area contributed by atoms with Crippen molar-refractivity contribution in [3.63, 3.8) is 0 Å². The lowest BCUT2D eigenvalue weighted by atomic mass is 9.95. The maximum atomic E-state index is 14.1. The van der Waals surface area contributed by atoms with Gasteiger partial charge in [0.25, 0.3) is 0 Å². The molecule has 0 aliphatic rings. The lowest BCUT2D eigenvalue weighted by Gasteiger charge is -2.20. The van der Waals surface area contributed by atoms with Crippen molar-refractivity contribution in [2.24, 2.45) is 0 Å². The van der Waals surface area contributed by atoms with Crippen LogP contribution in [0.2, 0.25) is 0 Å². The third-order valence-electron chi connectivity index (χ3n) is 12.6. The fourth-order valence-electron chi connectivity index (χ4n) is 9.35. The van der Waals surface area contributed by atoms with Crippen LogP contribution in [0, 0.1) is 17.9 Å². The largest absolute Gasteiger partial charge is 0.416 e. The number of alkyl halides is 15. The number of aromatic nitrogens is 2. The van der Waals surface area contributed by atoms with Crippen molar-refractivity contribution >= 4 is 49.3 Å². The molecule has 10 aromatic rings. The molecule has 2 aromatic heterocycles. The molecule has 0 radical (unpaired) electrons. The van der Waals surface area contributed by atoms with Gasteiger partial charge in [-0.25, -0.2) is 4.85 Å². The molecule has 0 amide bonds. The van der Waals surface area contributed by atoms with E-state index in [4.69, 9.17) is 6.57 Å². The number of hydrogen-bond donors (Lipinski definition) is 0. The number of para-hydroxylation sites is 2. The summed E-state index contributed by atoms with van der Waals surface area (Å²) in [5, 5.41) is 11.7. The zero-order chi connectivity index (χ0) is 53.0. The summed E-state index contributed by atoms with van der Waals surface area (Å²) in [6.45, 7) is 8.36. The lowest BCUT2D eigenvalue weighted by Crippen LogP contribution is -2.11. The van der Waals surface area contributed by atoms with Crippen LogP contribution in [0.3, 0.4) is 0 Å². The number of rotatable bonds is 5. The molecule has 0 N–H and O–H groups in total. The molecule has 0 saturated carbocycles. The van der Waals surface area contributed by atoms with Gasteiger partial charge in [0, 0.05) is 21.5 Å². The summed E-state index contributed by atoms with van der Waals surface area (Å²) in [7, 11) is 0. The fourth-order valence-corrected chi connectivity index (χ4v) is 9.35. The van der Waals surface area contributed by atoms with Crippen molar-refractivity contribution in [2.45, 2.75) is 30.9 Å². The second-order valence-corrected chi connectivity index (χ2v) is 17.1. The maximum Gasteiger partial charge on any atom is 0.416 e. The first-order valence-corrected chi connectivity index (χ1v) is 21.6. The Balaban J connectivity index is 1.29. The van der Waals surface area contributed by atoms with Gasteiger partial charge in [-0.1, -0.05) is 54.6 Å². The van der Waals surface area contributed by atoms with Gasteiger partial charge in [0.05, 0.1) is 79.5 Å². The first kappa shape index (κ1) is 48.9. The molecule has 4 nitrogen and oxygen atoms in total. The average Bonchev–Trinajstić information content (AvgIpc) is 3.86. The summed E-state index contributed by atoms with van der Waals surface area (Å²) in [4.78, 5) is 3.73. The molecule has 0 spiro atoms. The molecule has 2 heterocycles. The number of halogens is 15. The molecule has 0 bridgehead atoms. The van der Waals surface area contributed by atoms with Gasteiger partial charge in [-0.05, 0) is 130 Å². The van der Waals surface area contributed by atoms with E-state index in [-0.39, 0.29) is 57.0 Å². The van der Waals surface area contributed by atoms with Crippen LogP contribution in [0.4, 0.5) is 71.5 Å². The second kappa shape index (κ2) is 16.9. The third kappa shape index (κ3) is 8.47. The molecule has 0 fully saturated rings. The highest BCUT2D eigenvalue weighted by Gasteiger charge is 2.39. The molecule has 10 rings (SSSR count). The Morgan fingerprint density at radius 3 is 1.15 bits per heavy atom. The van der Waals surface area contributed by atoms with Crippen LogP contribution in [-0.4, -0.2) is 9.13 Å². The number of nitrogens with zero attached hydrogens (tertiary/aromatic N) is 4. The molecule has 0 saturated heterocycles. The first-order chi connectivity index (χ1) is 34.7. The van der Waals surface area contributed by atoms with Crippen LogP contribution < -0.4 is 0 Å². The quantitative estimate of drug-likeness (QED) is 0.125. The minimum absolute atomic E-state index is 0.00129. The van der Waals surface area contributed by atoms with Crippen molar-refractivity contribution < 1.29 is 65.9 Å². The predicted octanol–water partition coefficient (Wildman–Crippen LogP) is 18.4. The second-order valence-electron chi connectivity index (χ2n) is 17.1. The van der Waals surface area contributed by atoms with Gasteiger partial charge in [0.1, 0.15) is 0 Å². The van der Waals surface area contributed by atoms with Crippen LogP contribution in [0.15, 0.2) is 152 Å². The molecule has 370 valence electrons. The molecule has 0 aliphatic carbocycles. The Labute approximate surface area is 406 Å². The average molecular weight is 1030 g/mol. The Kier molecular flexibility index (Phi) is 11.2. The Morgan fingerprint density at radius 2 is 0.757 bits per heavy atom. The zero-order valence-electron chi connectivity index (χ0n) is 36.9. The van der Waals surface area contributed by atoms with Crippen molar-refractivity contribution in [1.82, 2.24) is 9.13 Å². The minimum Gasteiger partial charge on any atom is -0.308 e. The number of hydrogen-bond acceptors (Lipinski definition) is 1. The smallest absolute Gasteiger partial charge is 0.308 e. The van der Waals surface area contributed by atoms with Crippen LogP contribution in [0.25, 0.3) is 93.2 Å². The van der Waals surface area contributed by atoms with Crippen LogP contribution in [0.1, 0.15) is 33.4 Å². The summed E-state index contributed by atoms with van der Waals surface area (Å²) in [6, 6.07) is 30.6. The lowest BCUT2D eigenvalue weighted by molar-refractivity contribution is -0.144. The summed E-state index contributed by atoms with van der Waals surface area (Å²) in [5.74, 6) is 0. The van der Waals surface area contributed by atoms with E-state index in [1.54, 1.807) is 63.7 Å². The SMILES string of the molecule is [C-]#[N+]c1cc(-n2c3ccccc3c3cc(-c4cc(C(F)(F)F)cc(C(F)(F)F)c4)ccc32)c(-n2c3ccccc3c3cc(-c4cc(C(F)(F)F)cc(C(F)(F)F)c4)ccc32)cc1-c1ccc(C(F)(F)F)cc1C#N. The van der Waals surface area contributed by atoms with Gasteiger partial charge in [-0.3, -0.25) is 0 Å². The van der Waals surface area contributed by atoms with Gasteiger partial charge in [-0.15, -0.1) is 0 Å².